The summed E-state index contributed by atoms with van der Waals surface area (Å²) in [4.78, 5) is 12.4. The fraction of sp³-hybridized carbons (Fsp3) is 0.227. The van der Waals surface area contributed by atoms with Crippen molar-refractivity contribution >= 4 is 16.7 Å². The number of nitrogens with two attached hydrogens (primary N) is 1. The maximum absolute atomic E-state index is 12.7. The second-order valence-corrected chi connectivity index (χ2v) is 6.77. The van der Waals surface area contributed by atoms with Gasteiger partial charge in [0.2, 0.25) is 0 Å². The van der Waals surface area contributed by atoms with E-state index in [-0.39, 0.29) is 11.9 Å². The van der Waals surface area contributed by atoms with Gasteiger partial charge in [0.1, 0.15) is 11.5 Å². The standard InChI is InChI=1S/C22H21F3N2O2/c1-14(11-12-26)27-21(28)16-5-10-19-15(13-16)3-2-4-20(19)29-18-8-6-17(7-9-18)22(23,24)25/h2-10,13-14H,11-12,26H2,1H3,(H,27,28)/t14-/m1/s1. The molecule has 0 aliphatic heterocycles. The number of benzene rings is 3. The molecule has 4 nitrogen and oxygen atoms in total. The fourth-order valence-corrected chi connectivity index (χ4v) is 2.95. The summed E-state index contributed by atoms with van der Waals surface area (Å²) >= 11 is 0. The summed E-state index contributed by atoms with van der Waals surface area (Å²) in [5, 5.41) is 4.43. The highest BCUT2D eigenvalue weighted by atomic mass is 19.4. The molecule has 0 bridgehead atoms. The van der Waals surface area contributed by atoms with Crippen molar-refractivity contribution in [3.63, 3.8) is 0 Å². The first kappa shape index (κ1) is 20.7. The Morgan fingerprint density at radius 2 is 1.83 bits per heavy atom. The average molecular weight is 402 g/mol. The van der Waals surface area contributed by atoms with E-state index < -0.39 is 11.7 Å². The molecular weight excluding hydrogens is 381 g/mol. The van der Waals surface area contributed by atoms with Crippen molar-refractivity contribution in [2.45, 2.75) is 25.6 Å². The Hall–Kier alpha value is -3.06. The number of halogens is 3. The molecule has 3 aromatic carbocycles. The summed E-state index contributed by atoms with van der Waals surface area (Å²) in [6, 6.07) is 15.0. The van der Waals surface area contributed by atoms with Crippen molar-refractivity contribution in [1.29, 1.82) is 0 Å². The van der Waals surface area contributed by atoms with E-state index in [1.165, 1.54) is 12.1 Å². The zero-order valence-electron chi connectivity index (χ0n) is 15.8. The molecule has 0 unspecified atom stereocenters. The number of nitrogens with one attached hydrogen (secondary N) is 1. The van der Waals surface area contributed by atoms with Crippen LogP contribution in [0.5, 0.6) is 11.5 Å². The normalized spacial score (nSPS) is 12.6. The topological polar surface area (TPSA) is 64.3 Å². The smallest absolute Gasteiger partial charge is 0.416 e. The predicted molar refractivity (Wildman–Crippen MR) is 106 cm³/mol. The third kappa shape index (κ3) is 5.06. The molecule has 29 heavy (non-hydrogen) atoms. The quantitative estimate of drug-likeness (QED) is 0.602. The van der Waals surface area contributed by atoms with E-state index in [4.69, 9.17) is 10.5 Å². The average Bonchev–Trinajstić information content (AvgIpc) is 2.67. The molecule has 0 fully saturated rings. The SMILES string of the molecule is C[C@H](CCN)NC(=O)c1ccc2c(Oc3ccc(C(F)(F)F)cc3)cccc2c1. The highest BCUT2D eigenvalue weighted by molar-refractivity contribution is 6.00. The number of hydrogen-bond donors (Lipinski definition) is 2. The van der Waals surface area contributed by atoms with Crippen molar-refractivity contribution in [1.82, 2.24) is 5.32 Å². The van der Waals surface area contributed by atoms with Crippen LogP contribution >= 0.6 is 0 Å². The van der Waals surface area contributed by atoms with Gasteiger partial charge in [-0.25, -0.2) is 0 Å². The Morgan fingerprint density at radius 3 is 2.48 bits per heavy atom. The summed E-state index contributed by atoms with van der Waals surface area (Å²) in [5.41, 5.74) is 5.28. The lowest BCUT2D eigenvalue weighted by Gasteiger charge is -2.14. The first-order chi connectivity index (χ1) is 13.8. The van der Waals surface area contributed by atoms with E-state index in [2.05, 4.69) is 5.32 Å². The zero-order valence-corrected chi connectivity index (χ0v) is 15.8. The molecule has 0 heterocycles. The van der Waals surface area contributed by atoms with Crippen LogP contribution in [0.2, 0.25) is 0 Å². The molecule has 152 valence electrons. The number of fused-ring (bicyclic) bond motifs is 1. The van der Waals surface area contributed by atoms with Crippen LogP contribution in [0, 0.1) is 0 Å². The summed E-state index contributed by atoms with van der Waals surface area (Å²) in [6.07, 6.45) is -3.71. The molecule has 3 aromatic rings. The van der Waals surface area contributed by atoms with Gasteiger partial charge in [0.05, 0.1) is 5.56 Å². The van der Waals surface area contributed by atoms with Gasteiger partial charge in [-0.1, -0.05) is 12.1 Å². The zero-order chi connectivity index (χ0) is 21.0. The molecule has 1 amide bonds. The molecule has 3 N–H and O–H groups in total. The van der Waals surface area contributed by atoms with Crippen molar-refractivity contribution in [2.24, 2.45) is 5.73 Å². The maximum Gasteiger partial charge on any atom is 0.416 e. The fourth-order valence-electron chi connectivity index (χ4n) is 2.95. The third-order valence-electron chi connectivity index (χ3n) is 4.49. The second kappa shape index (κ2) is 8.53. The third-order valence-corrected chi connectivity index (χ3v) is 4.49. The lowest BCUT2D eigenvalue weighted by molar-refractivity contribution is -0.137. The van der Waals surface area contributed by atoms with Crippen molar-refractivity contribution in [2.75, 3.05) is 6.54 Å². The van der Waals surface area contributed by atoms with Crippen molar-refractivity contribution < 1.29 is 22.7 Å². The number of amides is 1. The van der Waals surface area contributed by atoms with Crippen LogP contribution < -0.4 is 15.8 Å². The largest absolute Gasteiger partial charge is 0.457 e. The number of rotatable bonds is 6. The Bertz CT molecular complexity index is 1000. The van der Waals surface area contributed by atoms with Gasteiger partial charge in [0, 0.05) is 17.0 Å². The number of carbonyl (C=O) groups is 1. The van der Waals surface area contributed by atoms with Crippen LogP contribution in [0.1, 0.15) is 29.3 Å². The van der Waals surface area contributed by atoms with Gasteiger partial charge in [-0.2, -0.15) is 13.2 Å². The van der Waals surface area contributed by atoms with Crippen molar-refractivity contribution in [3.05, 3.63) is 71.8 Å². The van der Waals surface area contributed by atoms with Gasteiger partial charge in [0.15, 0.2) is 0 Å². The molecule has 3 rings (SSSR count). The molecule has 0 aliphatic rings. The first-order valence-electron chi connectivity index (χ1n) is 9.17. The minimum atomic E-state index is -4.39. The molecule has 0 spiro atoms. The highest BCUT2D eigenvalue weighted by Crippen LogP contribution is 2.33. The summed E-state index contributed by atoms with van der Waals surface area (Å²) in [7, 11) is 0. The number of hydrogen-bond acceptors (Lipinski definition) is 3. The van der Waals surface area contributed by atoms with Gasteiger partial charge >= 0.3 is 6.18 Å². The number of alkyl halides is 3. The van der Waals surface area contributed by atoms with Crippen LogP contribution in [0.25, 0.3) is 10.8 Å². The minimum absolute atomic E-state index is 0.0301. The molecule has 0 aromatic heterocycles. The van der Waals surface area contributed by atoms with Gasteiger partial charge in [-0.05, 0) is 73.8 Å². The minimum Gasteiger partial charge on any atom is -0.457 e. The first-order valence-corrected chi connectivity index (χ1v) is 9.17. The molecule has 0 saturated carbocycles. The maximum atomic E-state index is 12.7. The van der Waals surface area contributed by atoms with E-state index in [0.29, 0.717) is 30.0 Å². The van der Waals surface area contributed by atoms with Crippen molar-refractivity contribution in [3.8, 4) is 11.5 Å². The molecule has 7 heteroatoms. The highest BCUT2D eigenvalue weighted by Gasteiger charge is 2.30. The second-order valence-electron chi connectivity index (χ2n) is 6.77. The van der Waals surface area contributed by atoms with Crippen LogP contribution in [0.15, 0.2) is 60.7 Å². The Balaban J connectivity index is 1.82. The molecular formula is C22H21F3N2O2. The van der Waals surface area contributed by atoms with Gasteiger partial charge in [0.25, 0.3) is 5.91 Å². The van der Waals surface area contributed by atoms with Gasteiger partial charge < -0.3 is 15.8 Å². The van der Waals surface area contributed by atoms with Crippen LogP contribution in [0.4, 0.5) is 13.2 Å². The lowest BCUT2D eigenvalue weighted by atomic mass is 10.1. The summed E-state index contributed by atoms with van der Waals surface area (Å²) in [6.45, 7) is 2.38. The Labute approximate surface area is 166 Å². The molecule has 0 radical (unpaired) electrons. The van der Waals surface area contributed by atoms with E-state index in [1.54, 1.807) is 30.3 Å². The molecule has 0 saturated heterocycles. The number of ether oxygens (including phenoxy) is 1. The van der Waals surface area contributed by atoms with Crippen LogP contribution in [-0.2, 0) is 6.18 Å². The van der Waals surface area contributed by atoms with Crippen LogP contribution in [0.3, 0.4) is 0 Å². The molecule has 1 atom stereocenters. The predicted octanol–water partition coefficient (Wildman–Crippen LogP) is 5.12. The van der Waals surface area contributed by atoms with E-state index >= 15 is 0 Å². The molecule has 0 aliphatic carbocycles. The van der Waals surface area contributed by atoms with Crippen LogP contribution in [-0.4, -0.2) is 18.5 Å². The Morgan fingerprint density at radius 1 is 1.10 bits per heavy atom. The lowest BCUT2D eigenvalue weighted by Crippen LogP contribution is -2.34. The van der Waals surface area contributed by atoms with Gasteiger partial charge in [-0.3, -0.25) is 4.79 Å². The van der Waals surface area contributed by atoms with Gasteiger partial charge in [-0.15, -0.1) is 0 Å². The summed E-state index contributed by atoms with van der Waals surface area (Å²) in [5.74, 6) is 0.593. The number of carbonyl (C=O) groups excluding carboxylic acids is 1. The summed E-state index contributed by atoms with van der Waals surface area (Å²) < 4.78 is 43.9. The van der Waals surface area contributed by atoms with E-state index in [9.17, 15) is 18.0 Å². The van der Waals surface area contributed by atoms with E-state index in [0.717, 1.165) is 22.9 Å². The monoisotopic (exact) mass is 402 g/mol. The Kier molecular flexibility index (Phi) is 6.08. The van der Waals surface area contributed by atoms with E-state index in [1.807, 2.05) is 13.0 Å².